The fraction of sp³-hybridized carbons (Fsp3) is 0.222. The lowest BCUT2D eigenvalue weighted by molar-refractivity contribution is 0.379. The Labute approximate surface area is 96.8 Å². The molecule has 0 saturated heterocycles. The van der Waals surface area contributed by atoms with E-state index in [1.54, 1.807) is 12.3 Å². The topological polar surface area (TPSA) is 89.9 Å². The van der Waals surface area contributed by atoms with E-state index < -0.39 is 0 Å². The van der Waals surface area contributed by atoms with E-state index in [0.717, 1.165) is 0 Å². The van der Waals surface area contributed by atoms with Gasteiger partial charge in [-0.15, -0.1) is 0 Å². The molecule has 0 aliphatic rings. The van der Waals surface area contributed by atoms with E-state index in [1.807, 2.05) is 0 Å². The minimum absolute atomic E-state index is 0.491. The second-order valence-corrected chi connectivity index (χ2v) is 3.52. The highest BCUT2D eigenvalue weighted by molar-refractivity contribution is 6.33. The van der Waals surface area contributed by atoms with Crippen molar-refractivity contribution < 1.29 is 4.52 Å². The molecule has 0 amide bonds. The van der Waals surface area contributed by atoms with Gasteiger partial charge in [0.15, 0.2) is 6.33 Å². The lowest BCUT2D eigenvalue weighted by Gasteiger charge is -2.05. The van der Waals surface area contributed by atoms with Gasteiger partial charge < -0.3 is 15.6 Å². The molecule has 0 radical (unpaired) electrons. The zero-order valence-corrected chi connectivity index (χ0v) is 9.11. The molecule has 2 aromatic heterocycles. The zero-order valence-electron chi connectivity index (χ0n) is 8.35. The second kappa shape index (κ2) is 4.80. The Morgan fingerprint density at radius 1 is 1.44 bits per heavy atom. The third-order valence-electron chi connectivity index (χ3n) is 1.90. The molecule has 7 heteroatoms. The van der Waals surface area contributed by atoms with Crippen molar-refractivity contribution in [2.75, 3.05) is 17.6 Å². The Hall–Kier alpha value is -1.82. The molecular formula is C9H10ClN5O. The molecule has 0 aliphatic heterocycles. The van der Waals surface area contributed by atoms with Gasteiger partial charge in [-0.25, -0.2) is 4.98 Å². The first-order valence-electron chi connectivity index (χ1n) is 4.66. The van der Waals surface area contributed by atoms with E-state index in [4.69, 9.17) is 21.9 Å². The maximum atomic E-state index is 5.93. The molecule has 16 heavy (non-hydrogen) atoms. The number of anilines is 2. The predicted octanol–water partition coefficient (Wildman–Crippen LogP) is 1.35. The van der Waals surface area contributed by atoms with E-state index in [2.05, 4.69) is 20.4 Å². The molecule has 2 aromatic rings. The fourth-order valence-electron chi connectivity index (χ4n) is 1.18. The van der Waals surface area contributed by atoms with Gasteiger partial charge in [-0.2, -0.15) is 4.98 Å². The van der Waals surface area contributed by atoms with Gasteiger partial charge in [-0.05, 0) is 6.07 Å². The number of hydrogen-bond donors (Lipinski definition) is 2. The number of nitrogens with two attached hydrogens (primary N) is 1. The number of halogens is 1. The van der Waals surface area contributed by atoms with Crippen molar-refractivity contribution in [1.82, 2.24) is 15.1 Å². The maximum Gasteiger partial charge on any atom is 0.228 e. The molecule has 2 rings (SSSR count). The Kier molecular flexibility index (Phi) is 3.21. The Morgan fingerprint density at radius 3 is 3.00 bits per heavy atom. The summed E-state index contributed by atoms with van der Waals surface area (Å²) in [6, 6.07) is 1.64. The number of pyridine rings is 1. The molecule has 0 unspecified atom stereocenters. The summed E-state index contributed by atoms with van der Waals surface area (Å²) in [5.74, 6) is 1.16. The van der Waals surface area contributed by atoms with E-state index in [0.29, 0.717) is 35.4 Å². The van der Waals surface area contributed by atoms with Crippen LogP contribution in [0.25, 0.3) is 0 Å². The van der Waals surface area contributed by atoms with Crippen molar-refractivity contribution in [3.63, 3.8) is 0 Å². The normalized spacial score (nSPS) is 10.3. The van der Waals surface area contributed by atoms with Crippen molar-refractivity contribution in [1.29, 1.82) is 0 Å². The number of nitrogens with one attached hydrogen (secondary N) is 1. The Balaban J connectivity index is 1.90. The summed E-state index contributed by atoms with van der Waals surface area (Å²) in [6.07, 6.45) is 3.52. The second-order valence-electron chi connectivity index (χ2n) is 3.11. The Bertz CT molecular complexity index is 459. The van der Waals surface area contributed by atoms with E-state index in [9.17, 15) is 0 Å². The molecule has 0 atom stereocenters. The average Bonchev–Trinajstić information content (AvgIpc) is 2.74. The Morgan fingerprint density at radius 2 is 2.31 bits per heavy atom. The van der Waals surface area contributed by atoms with Gasteiger partial charge in [0.25, 0.3) is 0 Å². The SMILES string of the molecule is Nc1cnc(NCCc2ncno2)c(Cl)c1. The minimum Gasteiger partial charge on any atom is -0.397 e. The maximum absolute atomic E-state index is 5.93. The van der Waals surface area contributed by atoms with Crippen LogP contribution in [0.2, 0.25) is 5.02 Å². The van der Waals surface area contributed by atoms with Crippen LogP contribution >= 0.6 is 11.6 Å². The smallest absolute Gasteiger partial charge is 0.228 e. The van der Waals surface area contributed by atoms with Crippen molar-refractivity contribution >= 4 is 23.1 Å². The number of nitrogen functional groups attached to an aromatic ring is 1. The third kappa shape index (κ3) is 2.60. The predicted molar refractivity (Wildman–Crippen MR) is 60.2 cm³/mol. The summed E-state index contributed by atoms with van der Waals surface area (Å²) in [7, 11) is 0. The first kappa shape index (κ1) is 10.7. The lowest BCUT2D eigenvalue weighted by atomic mass is 10.4. The lowest BCUT2D eigenvalue weighted by Crippen LogP contribution is -2.07. The first-order valence-corrected chi connectivity index (χ1v) is 5.04. The number of aromatic nitrogens is 3. The quantitative estimate of drug-likeness (QED) is 0.837. The molecule has 3 N–H and O–H groups in total. The summed E-state index contributed by atoms with van der Waals surface area (Å²) < 4.78 is 4.85. The molecule has 6 nitrogen and oxygen atoms in total. The molecule has 2 heterocycles. The largest absolute Gasteiger partial charge is 0.397 e. The standard InChI is InChI=1S/C9H10ClN5O/c10-7-3-6(11)4-13-9(7)12-2-1-8-14-5-15-16-8/h3-5H,1-2,11H2,(H,12,13). The molecule has 84 valence electrons. The van der Waals surface area contributed by atoms with Crippen molar-refractivity contribution in [3.05, 3.63) is 29.5 Å². The van der Waals surface area contributed by atoms with Crippen LogP contribution in [0.3, 0.4) is 0 Å². The first-order chi connectivity index (χ1) is 7.75. The van der Waals surface area contributed by atoms with Gasteiger partial charge in [0, 0.05) is 13.0 Å². The fourth-order valence-corrected chi connectivity index (χ4v) is 1.42. The van der Waals surface area contributed by atoms with Crippen LogP contribution in [0.15, 0.2) is 23.1 Å². The van der Waals surface area contributed by atoms with Crippen LogP contribution in [-0.4, -0.2) is 21.7 Å². The van der Waals surface area contributed by atoms with Crippen LogP contribution in [0.5, 0.6) is 0 Å². The van der Waals surface area contributed by atoms with Crippen molar-refractivity contribution in [2.45, 2.75) is 6.42 Å². The van der Waals surface area contributed by atoms with Crippen molar-refractivity contribution in [3.8, 4) is 0 Å². The van der Waals surface area contributed by atoms with Gasteiger partial charge in [0.1, 0.15) is 5.82 Å². The van der Waals surface area contributed by atoms with Gasteiger partial charge in [0.05, 0.1) is 16.9 Å². The highest BCUT2D eigenvalue weighted by Gasteiger charge is 2.03. The molecular weight excluding hydrogens is 230 g/mol. The summed E-state index contributed by atoms with van der Waals surface area (Å²) in [6.45, 7) is 0.610. The van der Waals surface area contributed by atoms with Crippen LogP contribution < -0.4 is 11.1 Å². The van der Waals surface area contributed by atoms with Crippen molar-refractivity contribution in [2.24, 2.45) is 0 Å². The highest BCUT2D eigenvalue weighted by atomic mass is 35.5. The van der Waals surface area contributed by atoms with Gasteiger partial charge in [0.2, 0.25) is 5.89 Å². The van der Waals surface area contributed by atoms with Gasteiger partial charge in [-0.1, -0.05) is 16.8 Å². The molecule has 0 aliphatic carbocycles. The van der Waals surface area contributed by atoms with E-state index >= 15 is 0 Å². The zero-order chi connectivity index (χ0) is 11.4. The molecule has 0 fully saturated rings. The molecule has 0 saturated carbocycles. The van der Waals surface area contributed by atoms with E-state index in [-0.39, 0.29) is 0 Å². The van der Waals surface area contributed by atoms with Crippen LogP contribution in [0.4, 0.5) is 11.5 Å². The molecule has 0 spiro atoms. The summed E-state index contributed by atoms with van der Waals surface area (Å²) >= 11 is 5.93. The highest BCUT2D eigenvalue weighted by Crippen LogP contribution is 2.20. The molecule has 0 bridgehead atoms. The van der Waals surface area contributed by atoms with Gasteiger partial charge >= 0.3 is 0 Å². The van der Waals surface area contributed by atoms with Crippen LogP contribution in [-0.2, 0) is 6.42 Å². The van der Waals surface area contributed by atoms with Crippen LogP contribution in [0.1, 0.15) is 5.89 Å². The molecule has 0 aromatic carbocycles. The number of nitrogens with zero attached hydrogens (tertiary/aromatic N) is 3. The average molecular weight is 240 g/mol. The number of hydrogen-bond acceptors (Lipinski definition) is 6. The number of rotatable bonds is 4. The van der Waals surface area contributed by atoms with Crippen LogP contribution in [0, 0.1) is 0 Å². The summed E-state index contributed by atoms with van der Waals surface area (Å²) in [5, 5.41) is 7.05. The minimum atomic E-state index is 0.491. The monoisotopic (exact) mass is 239 g/mol. The summed E-state index contributed by atoms with van der Waals surface area (Å²) in [4.78, 5) is 7.95. The third-order valence-corrected chi connectivity index (χ3v) is 2.19. The van der Waals surface area contributed by atoms with E-state index in [1.165, 1.54) is 6.33 Å². The summed E-state index contributed by atoms with van der Waals surface area (Å²) in [5.41, 5.74) is 6.06. The van der Waals surface area contributed by atoms with Gasteiger partial charge in [-0.3, -0.25) is 0 Å².